The molecule has 0 saturated carbocycles. The highest BCUT2D eigenvalue weighted by Gasteiger charge is 2.33. The fourth-order valence-electron chi connectivity index (χ4n) is 3.36. The Hall–Kier alpha value is -2.82. The van der Waals surface area contributed by atoms with E-state index in [0.29, 0.717) is 44.6 Å². The van der Waals surface area contributed by atoms with Crippen molar-refractivity contribution in [1.29, 1.82) is 0 Å². The summed E-state index contributed by atoms with van der Waals surface area (Å²) in [7, 11) is 0. The molecule has 4 aromatic rings. The van der Waals surface area contributed by atoms with Gasteiger partial charge in [0.1, 0.15) is 23.6 Å². The van der Waals surface area contributed by atoms with Crippen LogP contribution < -0.4 is 4.74 Å². The van der Waals surface area contributed by atoms with Crippen molar-refractivity contribution in [1.82, 2.24) is 9.55 Å². The highest BCUT2D eigenvalue weighted by molar-refractivity contribution is 6.35. The second-order valence-corrected chi connectivity index (χ2v) is 7.13. The van der Waals surface area contributed by atoms with Gasteiger partial charge in [-0.2, -0.15) is 0 Å². The molecule has 0 saturated heterocycles. The molecule has 0 atom stereocenters. The summed E-state index contributed by atoms with van der Waals surface area (Å²) in [5, 5.41) is 1.90. The lowest BCUT2D eigenvalue weighted by Gasteiger charge is -2.13. The normalized spacial score (nSPS) is 12.3. The first-order valence-corrected chi connectivity index (χ1v) is 9.11. The molecule has 0 fully saturated rings. The van der Waals surface area contributed by atoms with Crippen molar-refractivity contribution in [3.05, 3.63) is 82.0 Å². The topological polar surface area (TPSA) is 44.1 Å². The average Bonchev–Trinajstić information content (AvgIpc) is 3.25. The number of nitrogens with zero attached hydrogens (tertiary/aromatic N) is 2. The van der Waals surface area contributed by atoms with Gasteiger partial charge in [-0.3, -0.25) is 9.36 Å². The van der Waals surface area contributed by atoms with Gasteiger partial charge in [-0.15, -0.1) is 0 Å². The Morgan fingerprint density at radius 2 is 1.81 bits per heavy atom. The van der Waals surface area contributed by atoms with E-state index in [0.717, 1.165) is 11.3 Å². The maximum atomic E-state index is 12.9. The smallest absolute Gasteiger partial charge is 0.268 e. The van der Waals surface area contributed by atoms with Crippen LogP contribution in [0.4, 0.5) is 0 Å². The van der Waals surface area contributed by atoms with Crippen LogP contribution in [0.25, 0.3) is 22.3 Å². The summed E-state index contributed by atoms with van der Waals surface area (Å²) in [5.74, 6) is 0.353. The predicted molar refractivity (Wildman–Crippen MR) is 106 cm³/mol. The summed E-state index contributed by atoms with van der Waals surface area (Å²) in [5.41, 5.74) is 3.37. The molecule has 0 unspecified atom stereocenters. The SMILES string of the molecule is O=C1c2c(nc3c(Cl)cccc3c2OCc2ccc(Cl)cc2)-c2cccn21. The summed E-state index contributed by atoms with van der Waals surface area (Å²) < 4.78 is 7.72. The zero-order valence-corrected chi connectivity index (χ0v) is 15.5. The van der Waals surface area contributed by atoms with Crippen LogP contribution in [0.3, 0.4) is 0 Å². The Morgan fingerprint density at radius 1 is 1.00 bits per heavy atom. The number of ether oxygens (including phenoxy) is 1. The zero-order valence-electron chi connectivity index (χ0n) is 13.9. The number of aromatic nitrogens is 2. The number of benzene rings is 2. The standard InChI is InChI=1S/C21H12Cl2N2O2/c22-13-8-6-12(7-9-13)11-27-20-14-3-1-4-15(23)18(14)24-19-16-5-2-10-25(16)21(26)17(19)20/h1-10H,11H2. The molecule has 2 aromatic carbocycles. The zero-order chi connectivity index (χ0) is 18.5. The maximum absolute atomic E-state index is 12.9. The van der Waals surface area contributed by atoms with E-state index in [-0.39, 0.29) is 5.91 Å². The summed E-state index contributed by atoms with van der Waals surface area (Å²) in [6.07, 6.45) is 1.73. The van der Waals surface area contributed by atoms with Crippen LogP contribution >= 0.6 is 23.2 Å². The van der Waals surface area contributed by atoms with Gasteiger partial charge in [0.25, 0.3) is 5.91 Å². The van der Waals surface area contributed by atoms with E-state index < -0.39 is 0 Å². The molecule has 0 amide bonds. The number of hydrogen-bond acceptors (Lipinski definition) is 3. The molecule has 4 nitrogen and oxygen atoms in total. The van der Waals surface area contributed by atoms with Gasteiger partial charge in [0.2, 0.25) is 0 Å². The third-order valence-electron chi connectivity index (χ3n) is 4.64. The summed E-state index contributed by atoms with van der Waals surface area (Å²) in [4.78, 5) is 17.6. The molecule has 6 heteroatoms. The molecule has 0 spiro atoms. The minimum Gasteiger partial charge on any atom is -0.487 e. The Kier molecular flexibility index (Phi) is 3.71. The van der Waals surface area contributed by atoms with Gasteiger partial charge < -0.3 is 4.74 Å². The number of rotatable bonds is 3. The van der Waals surface area contributed by atoms with Crippen LogP contribution in [0.5, 0.6) is 5.75 Å². The van der Waals surface area contributed by atoms with Crippen molar-refractivity contribution in [2.75, 3.05) is 0 Å². The quantitative estimate of drug-likeness (QED) is 0.400. The first-order chi connectivity index (χ1) is 13.1. The van der Waals surface area contributed by atoms with Crippen molar-refractivity contribution >= 4 is 40.0 Å². The van der Waals surface area contributed by atoms with Crippen molar-refractivity contribution in [3.8, 4) is 17.1 Å². The van der Waals surface area contributed by atoms with Gasteiger partial charge in [-0.1, -0.05) is 41.4 Å². The summed E-state index contributed by atoms with van der Waals surface area (Å²) in [6, 6.07) is 16.6. The molecule has 0 bridgehead atoms. The van der Waals surface area contributed by atoms with Crippen LogP contribution in [-0.4, -0.2) is 15.5 Å². The van der Waals surface area contributed by atoms with E-state index in [1.807, 2.05) is 48.5 Å². The Balaban J connectivity index is 1.69. The largest absolute Gasteiger partial charge is 0.487 e. The number of hydrogen-bond donors (Lipinski definition) is 0. The van der Waals surface area contributed by atoms with Gasteiger partial charge in [0, 0.05) is 16.6 Å². The van der Waals surface area contributed by atoms with E-state index in [9.17, 15) is 4.79 Å². The Morgan fingerprint density at radius 3 is 2.63 bits per heavy atom. The Labute approximate surface area is 164 Å². The van der Waals surface area contributed by atoms with Crippen molar-refractivity contribution in [3.63, 3.8) is 0 Å². The number of carbonyl (C=O) groups excluding carboxylic acids is 1. The molecule has 1 aliphatic heterocycles. The van der Waals surface area contributed by atoms with E-state index in [2.05, 4.69) is 4.98 Å². The lowest BCUT2D eigenvalue weighted by molar-refractivity contribution is 0.0965. The molecule has 5 rings (SSSR count). The molecule has 0 aliphatic carbocycles. The van der Waals surface area contributed by atoms with E-state index in [1.54, 1.807) is 16.8 Å². The van der Waals surface area contributed by atoms with E-state index in [1.165, 1.54) is 0 Å². The van der Waals surface area contributed by atoms with Crippen molar-refractivity contribution in [2.45, 2.75) is 6.61 Å². The van der Waals surface area contributed by atoms with Crippen LogP contribution in [0.15, 0.2) is 60.8 Å². The fraction of sp³-hybridized carbons (Fsp3) is 0.0476. The molecule has 3 heterocycles. The third kappa shape index (κ3) is 2.52. The van der Waals surface area contributed by atoms with Crippen LogP contribution in [0.2, 0.25) is 10.0 Å². The van der Waals surface area contributed by atoms with Crippen LogP contribution in [-0.2, 0) is 6.61 Å². The molecule has 1 aliphatic rings. The van der Waals surface area contributed by atoms with Gasteiger partial charge in [0.15, 0.2) is 0 Å². The molecular formula is C21H12Cl2N2O2. The minimum atomic E-state index is -0.148. The third-order valence-corrected chi connectivity index (χ3v) is 5.20. The predicted octanol–water partition coefficient (Wildman–Crippen LogP) is 5.59. The maximum Gasteiger partial charge on any atom is 0.268 e. The highest BCUT2D eigenvalue weighted by Crippen LogP contribution is 2.42. The minimum absolute atomic E-state index is 0.148. The van der Waals surface area contributed by atoms with Gasteiger partial charge >= 0.3 is 0 Å². The molecule has 132 valence electrons. The Bertz CT molecular complexity index is 1210. The number of fused-ring (bicyclic) bond motifs is 4. The molecular weight excluding hydrogens is 383 g/mol. The van der Waals surface area contributed by atoms with Crippen LogP contribution in [0.1, 0.15) is 15.9 Å². The van der Waals surface area contributed by atoms with Gasteiger partial charge in [0.05, 0.1) is 16.2 Å². The number of carbonyl (C=O) groups is 1. The van der Waals surface area contributed by atoms with Gasteiger partial charge in [-0.05, 0) is 42.0 Å². The van der Waals surface area contributed by atoms with E-state index in [4.69, 9.17) is 27.9 Å². The summed E-state index contributed by atoms with van der Waals surface area (Å²) in [6.45, 7) is 0.303. The fourth-order valence-corrected chi connectivity index (χ4v) is 3.71. The highest BCUT2D eigenvalue weighted by atomic mass is 35.5. The number of para-hydroxylation sites is 1. The first-order valence-electron chi connectivity index (χ1n) is 8.35. The molecule has 0 N–H and O–H groups in total. The van der Waals surface area contributed by atoms with Gasteiger partial charge in [-0.25, -0.2) is 4.98 Å². The lowest BCUT2D eigenvalue weighted by atomic mass is 10.1. The molecule has 2 aromatic heterocycles. The second kappa shape index (κ2) is 6.12. The molecule has 27 heavy (non-hydrogen) atoms. The summed E-state index contributed by atoms with van der Waals surface area (Å²) >= 11 is 12.3. The van der Waals surface area contributed by atoms with Crippen molar-refractivity contribution in [2.24, 2.45) is 0 Å². The van der Waals surface area contributed by atoms with E-state index >= 15 is 0 Å². The molecule has 0 radical (unpaired) electrons. The second-order valence-electron chi connectivity index (χ2n) is 6.28. The van der Waals surface area contributed by atoms with Crippen molar-refractivity contribution < 1.29 is 9.53 Å². The first kappa shape index (κ1) is 16.4. The average molecular weight is 395 g/mol. The monoisotopic (exact) mass is 394 g/mol. The number of pyridine rings is 1. The van der Waals surface area contributed by atoms with Crippen LogP contribution in [0, 0.1) is 0 Å². The lowest BCUT2D eigenvalue weighted by Crippen LogP contribution is -2.08. The number of halogens is 2.